The topological polar surface area (TPSA) is 75.1 Å². The maximum atomic E-state index is 12.2. The van der Waals surface area contributed by atoms with Crippen molar-refractivity contribution < 1.29 is 9.90 Å². The molecular weight excluding hydrogens is 360 g/mol. The third-order valence-corrected chi connectivity index (χ3v) is 3.98. The summed E-state index contributed by atoms with van der Waals surface area (Å²) < 4.78 is 2.15. The second-order valence-corrected chi connectivity index (χ2v) is 5.69. The molecule has 3 aromatic rings. The Balaban J connectivity index is 2.33. The number of halogens is 2. The fourth-order valence-corrected chi connectivity index (χ4v) is 2.73. The Morgan fingerprint density at radius 1 is 1.24 bits per heavy atom. The second kappa shape index (κ2) is 5.05. The van der Waals surface area contributed by atoms with Crippen molar-refractivity contribution in [3.63, 3.8) is 0 Å². The van der Waals surface area contributed by atoms with Crippen molar-refractivity contribution in [2.75, 3.05) is 0 Å². The summed E-state index contributed by atoms with van der Waals surface area (Å²) in [5.74, 6) is -1.05. The van der Waals surface area contributed by atoms with Gasteiger partial charge in [-0.15, -0.1) is 0 Å². The number of carbonyl (C=O) groups is 1. The van der Waals surface area contributed by atoms with Crippen molar-refractivity contribution in [2.45, 2.75) is 0 Å². The highest BCUT2D eigenvalue weighted by Crippen LogP contribution is 2.26. The Kier molecular flexibility index (Phi) is 3.35. The van der Waals surface area contributed by atoms with Crippen molar-refractivity contribution in [3.05, 3.63) is 61.9 Å². The predicted octanol–water partition coefficient (Wildman–Crippen LogP) is 3.43. The fourth-order valence-electron chi connectivity index (χ4n) is 2.14. The third kappa shape index (κ3) is 2.36. The summed E-state index contributed by atoms with van der Waals surface area (Å²) in [6.45, 7) is 0. The number of aromatic nitrogens is 2. The van der Waals surface area contributed by atoms with Gasteiger partial charge in [-0.05, 0) is 52.3 Å². The van der Waals surface area contributed by atoms with E-state index < -0.39 is 5.97 Å². The van der Waals surface area contributed by atoms with Crippen LogP contribution in [-0.2, 0) is 0 Å². The zero-order valence-electron chi connectivity index (χ0n) is 10.4. The van der Waals surface area contributed by atoms with Crippen LogP contribution in [0.3, 0.4) is 0 Å². The van der Waals surface area contributed by atoms with E-state index in [2.05, 4.69) is 20.9 Å². The number of rotatable bonds is 2. The van der Waals surface area contributed by atoms with Crippen molar-refractivity contribution in [2.24, 2.45) is 0 Å². The molecule has 21 heavy (non-hydrogen) atoms. The van der Waals surface area contributed by atoms with Crippen molar-refractivity contribution >= 4 is 44.5 Å². The van der Waals surface area contributed by atoms with Crippen molar-refractivity contribution in [3.8, 4) is 5.69 Å². The fraction of sp³-hybridized carbons (Fsp3) is 0. The zero-order chi connectivity index (χ0) is 15.1. The van der Waals surface area contributed by atoms with Crippen LogP contribution in [0.2, 0.25) is 5.02 Å². The van der Waals surface area contributed by atoms with Gasteiger partial charge in [0.05, 0.1) is 22.3 Å². The Morgan fingerprint density at radius 2 is 2.00 bits per heavy atom. The molecule has 0 fully saturated rings. The Labute approximate surface area is 131 Å². The van der Waals surface area contributed by atoms with Gasteiger partial charge < -0.3 is 10.1 Å². The highest BCUT2D eigenvalue weighted by atomic mass is 79.9. The number of aromatic amines is 1. The second-order valence-electron chi connectivity index (χ2n) is 4.40. The van der Waals surface area contributed by atoms with Crippen LogP contribution in [0.1, 0.15) is 10.4 Å². The minimum atomic E-state index is -1.05. The SMILES string of the molecule is O=C(O)c1ccc2c(c1)[nH]c(=O)n2-c1cc(Cl)ccc1Br. The molecule has 0 saturated heterocycles. The number of H-pyrrole nitrogens is 1. The zero-order valence-corrected chi connectivity index (χ0v) is 12.8. The molecule has 0 bridgehead atoms. The molecule has 0 spiro atoms. The van der Waals surface area contributed by atoms with E-state index in [-0.39, 0.29) is 11.3 Å². The van der Waals surface area contributed by atoms with Crippen LogP contribution in [0, 0.1) is 0 Å². The molecule has 0 atom stereocenters. The standard InChI is InChI=1S/C14H8BrClN2O3/c15-9-3-2-8(16)6-12(9)18-11-4-1-7(13(19)20)5-10(11)17-14(18)21/h1-6H,(H,17,21)(H,19,20). The molecule has 0 aliphatic rings. The Hall–Kier alpha value is -2.05. The molecule has 106 valence electrons. The molecule has 2 aromatic carbocycles. The van der Waals surface area contributed by atoms with Gasteiger partial charge in [0, 0.05) is 9.50 Å². The van der Waals surface area contributed by atoms with Gasteiger partial charge in [-0.3, -0.25) is 4.57 Å². The van der Waals surface area contributed by atoms with E-state index in [0.717, 1.165) is 0 Å². The van der Waals surface area contributed by atoms with Gasteiger partial charge in [0.2, 0.25) is 0 Å². The van der Waals surface area contributed by atoms with E-state index in [9.17, 15) is 9.59 Å². The lowest BCUT2D eigenvalue weighted by atomic mass is 10.2. The molecular formula is C14H8BrClN2O3. The molecule has 7 heteroatoms. The van der Waals surface area contributed by atoms with Gasteiger partial charge in [0.15, 0.2) is 0 Å². The van der Waals surface area contributed by atoms with Gasteiger partial charge in [-0.1, -0.05) is 11.6 Å². The van der Waals surface area contributed by atoms with E-state index in [0.29, 0.717) is 26.2 Å². The molecule has 5 nitrogen and oxygen atoms in total. The van der Waals surface area contributed by atoms with Crippen LogP contribution in [0.4, 0.5) is 0 Å². The lowest BCUT2D eigenvalue weighted by Gasteiger charge is -2.07. The van der Waals surface area contributed by atoms with Gasteiger partial charge >= 0.3 is 11.7 Å². The van der Waals surface area contributed by atoms with E-state index in [1.54, 1.807) is 24.3 Å². The lowest BCUT2D eigenvalue weighted by molar-refractivity contribution is 0.0697. The number of carboxylic acid groups (broad SMARTS) is 1. The third-order valence-electron chi connectivity index (χ3n) is 3.08. The number of imidazole rings is 1. The largest absolute Gasteiger partial charge is 0.478 e. The average molecular weight is 368 g/mol. The number of aromatic carboxylic acids is 1. The average Bonchev–Trinajstić information content (AvgIpc) is 2.76. The number of benzene rings is 2. The van der Waals surface area contributed by atoms with Crippen LogP contribution >= 0.6 is 27.5 Å². The highest BCUT2D eigenvalue weighted by molar-refractivity contribution is 9.10. The minimum Gasteiger partial charge on any atom is -0.478 e. The molecule has 2 N–H and O–H groups in total. The monoisotopic (exact) mass is 366 g/mol. The van der Waals surface area contributed by atoms with E-state index >= 15 is 0 Å². The number of carboxylic acids is 1. The van der Waals surface area contributed by atoms with E-state index in [1.165, 1.54) is 16.7 Å². The Bertz CT molecular complexity index is 930. The quantitative estimate of drug-likeness (QED) is 0.728. The van der Waals surface area contributed by atoms with Crippen LogP contribution in [-0.4, -0.2) is 20.6 Å². The summed E-state index contributed by atoms with van der Waals surface area (Å²) in [7, 11) is 0. The normalized spacial score (nSPS) is 11.0. The summed E-state index contributed by atoms with van der Waals surface area (Å²) in [6.07, 6.45) is 0. The number of nitrogens with one attached hydrogen (secondary N) is 1. The molecule has 3 rings (SSSR count). The summed E-state index contributed by atoms with van der Waals surface area (Å²) in [6, 6.07) is 9.57. The van der Waals surface area contributed by atoms with Gasteiger partial charge in [-0.2, -0.15) is 0 Å². The molecule has 0 unspecified atom stereocenters. The van der Waals surface area contributed by atoms with Gasteiger partial charge in [0.1, 0.15) is 0 Å². The summed E-state index contributed by atoms with van der Waals surface area (Å²) in [5, 5.41) is 9.49. The maximum absolute atomic E-state index is 12.2. The first-order valence-electron chi connectivity index (χ1n) is 5.91. The lowest BCUT2D eigenvalue weighted by Crippen LogP contribution is -2.15. The maximum Gasteiger partial charge on any atom is 0.335 e. The molecule has 0 aliphatic heterocycles. The molecule has 0 radical (unpaired) electrons. The Morgan fingerprint density at radius 3 is 2.71 bits per heavy atom. The van der Waals surface area contributed by atoms with Crippen molar-refractivity contribution in [1.29, 1.82) is 0 Å². The summed E-state index contributed by atoms with van der Waals surface area (Å²) in [4.78, 5) is 25.8. The first kappa shape index (κ1) is 13.9. The van der Waals surface area contributed by atoms with Gasteiger partial charge in [-0.25, -0.2) is 9.59 Å². The molecule has 1 heterocycles. The minimum absolute atomic E-state index is 0.112. The number of fused-ring (bicyclic) bond motifs is 1. The molecule has 1 aromatic heterocycles. The van der Waals surface area contributed by atoms with Crippen LogP contribution in [0.15, 0.2) is 45.7 Å². The number of nitrogens with zero attached hydrogens (tertiary/aromatic N) is 1. The predicted molar refractivity (Wildman–Crippen MR) is 83.6 cm³/mol. The number of hydrogen-bond acceptors (Lipinski definition) is 2. The smallest absolute Gasteiger partial charge is 0.335 e. The van der Waals surface area contributed by atoms with E-state index in [4.69, 9.17) is 16.7 Å². The molecule has 0 amide bonds. The first-order chi connectivity index (χ1) is 9.97. The summed E-state index contributed by atoms with van der Waals surface area (Å²) in [5.41, 5.74) is 1.36. The summed E-state index contributed by atoms with van der Waals surface area (Å²) >= 11 is 9.36. The first-order valence-corrected chi connectivity index (χ1v) is 7.08. The van der Waals surface area contributed by atoms with Crippen molar-refractivity contribution in [1.82, 2.24) is 9.55 Å². The van der Waals surface area contributed by atoms with Crippen LogP contribution < -0.4 is 5.69 Å². The van der Waals surface area contributed by atoms with Gasteiger partial charge in [0.25, 0.3) is 0 Å². The number of hydrogen-bond donors (Lipinski definition) is 2. The van der Waals surface area contributed by atoms with E-state index in [1.807, 2.05) is 0 Å². The highest BCUT2D eigenvalue weighted by Gasteiger charge is 2.13. The molecule has 0 aliphatic carbocycles. The van der Waals surface area contributed by atoms with Crippen LogP contribution in [0.25, 0.3) is 16.7 Å². The molecule has 0 saturated carbocycles. The van der Waals surface area contributed by atoms with Crippen LogP contribution in [0.5, 0.6) is 0 Å².